The van der Waals surface area contributed by atoms with Crippen LogP contribution in [-0.2, 0) is 24.5 Å². The van der Waals surface area contributed by atoms with Crippen molar-refractivity contribution in [1.29, 1.82) is 0 Å². The first-order valence-electron chi connectivity index (χ1n) is 9.99. The summed E-state index contributed by atoms with van der Waals surface area (Å²) in [5, 5.41) is 12.6. The highest BCUT2D eigenvalue weighted by molar-refractivity contribution is 5.63. The summed E-state index contributed by atoms with van der Waals surface area (Å²) in [4.78, 5) is 4.41. The van der Waals surface area contributed by atoms with Crippen LogP contribution >= 0.6 is 0 Å². The Morgan fingerprint density at radius 3 is 2.74 bits per heavy atom. The Balaban J connectivity index is 1.32. The maximum atomic E-state index is 13.2. The van der Waals surface area contributed by atoms with E-state index in [4.69, 9.17) is 14.0 Å². The van der Waals surface area contributed by atoms with E-state index in [1.165, 1.54) is 12.1 Å². The third-order valence-corrected chi connectivity index (χ3v) is 5.19. The summed E-state index contributed by atoms with van der Waals surface area (Å²) >= 11 is 0. The molecule has 4 aromatic rings. The summed E-state index contributed by atoms with van der Waals surface area (Å²) < 4.78 is 32.0. The highest BCUT2D eigenvalue weighted by atomic mass is 19.1. The van der Waals surface area contributed by atoms with E-state index in [0.29, 0.717) is 23.9 Å². The highest BCUT2D eigenvalue weighted by Gasteiger charge is 2.18. The Hall–Kier alpha value is -3.59. The molecule has 9 heteroatoms. The van der Waals surface area contributed by atoms with Crippen molar-refractivity contribution in [3.63, 3.8) is 0 Å². The quantitative estimate of drug-likeness (QED) is 0.482. The van der Waals surface area contributed by atoms with Crippen molar-refractivity contribution in [3.05, 3.63) is 65.6 Å². The van der Waals surface area contributed by atoms with E-state index >= 15 is 0 Å². The highest BCUT2D eigenvalue weighted by Crippen LogP contribution is 2.27. The summed E-state index contributed by atoms with van der Waals surface area (Å²) in [5.41, 5.74) is 3.04. The number of halogens is 1. The van der Waals surface area contributed by atoms with Crippen molar-refractivity contribution in [2.75, 3.05) is 6.61 Å². The average Bonchev–Trinajstić information content (AvgIpc) is 3.28. The molecular weight excluding hydrogens is 401 g/mol. The molecule has 0 radical (unpaired) electrons. The first kappa shape index (κ1) is 19.4. The van der Waals surface area contributed by atoms with Crippen LogP contribution in [0.1, 0.15) is 23.6 Å². The lowest BCUT2D eigenvalue weighted by atomic mass is 10.1. The van der Waals surface area contributed by atoms with Gasteiger partial charge in [-0.15, -0.1) is 10.2 Å². The Bertz CT molecular complexity index is 1190. The molecule has 0 unspecified atom stereocenters. The predicted octanol–water partition coefficient (Wildman–Crippen LogP) is 3.94. The molecule has 1 aromatic carbocycles. The fourth-order valence-corrected chi connectivity index (χ4v) is 3.52. The standard InChI is InChI=1S/C22H20FN5O3/c1-14-18(21(27-31-14)15-3-6-17(23)7-4-15)12-30-20-8-5-16(11-24-20)22-26-25-19-13-29-10-2-9-28(19)22/h3-8,11H,2,9-10,12-13H2,1H3. The molecule has 1 aliphatic heterocycles. The lowest BCUT2D eigenvalue weighted by Crippen LogP contribution is -2.04. The molecule has 5 rings (SSSR count). The van der Waals surface area contributed by atoms with E-state index in [-0.39, 0.29) is 12.4 Å². The summed E-state index contributed by atoms with van der Waals surface area (Å²) in [5.74, 6) is 2.40. The predicted molar refractivity (Wildman–Crippen MR) is 108 cm³/mol. The van der Waals surface area contributed by atoms with E-state index in [1.807, 2.05) is 13.0 Å². The average molecular weight is 421 g/mol. The van der Waals surface area contributed by atoms with Gasteiger partial charge in [-0.1, -0.05) is 5.16 Å². The molecule has 31 heavy (non-hydrogen) atoms. The van der Waals surface area contributed by atoms with Gasteiger partial charge in [-0.3, -0.25) is 0 Å². The number of ether oxygens (including phenoxy) is 2. The van der Waals surface area contributed by atoms with Gasteiger partial charge in [0.25, 0.3) is 0 Å². The van der Waals surface area contributed by atoms with Crippen molar-refractivity contribution in [2.45, 2.75) is 33.1 Å². The Morgan fingerprint density at radius 2 is 1.94 bits per heavy atom. The van der Waals surface area contributed by atoms with E-state index in [1.54, 1.807) is 24.4 Å². The maximum absolute atomic E-state index is 13.2. The summed E-state index contributed by atoms with van der Waals surface area (Å²) in [6.07, 6.45) is 2.64. The van der Waals surface area contributed by atoms with Crippen LogP contribution in [0.3, 0.4) is 0 Å². The Morgan fingerprint density at radius 1 is 1.10 bits per heavy atom. The second-order valence-electron chi connectivity index (χ2n) is 7.24. The van der Waals surface area contributed by atoms with Crippen LogP contribution in [0.2, 0.25) is 0 Å². The minimum absolute atomic E-state index is 0.228. The van der Waals surface area contributed by atoms with Crippen LogP contribution in [-0.4, -0.2) is 31.5 Å². The van der Waals surface area contributed by atoms with Gasteiger partial charge >= 0.3 is 0 Å². The molecule has 0 spiro atoms. The number of rotatable bonds is 5. The number of fused-ring (bicyclic) bond motifs is 1. The molecule has 0 amide bonds. The van der Waals surface area contributed by atoms with Crippen molar-refractivity contribution >= 4 is 0 Å². The summed E-state index contributed by atoms with van der Waals surface area (Å²) in [7, 11) is 0. The third-order valence-electron chi connectivity index (χ3n) is 5.19. The molecule has 0 aliphatic carbocycles. The minimum atomic E-state index is -0.303. The van der Waals surface area contributed by atoms with Gasteiger partial charge in [0.1, 0.15) is 30.5 Å². The van der Waals surface area contributed by atoms with Crippen molar-refractivity contribution in [3.8, 4) is 28.5 Å². The number of aromatic nitrogens is 5. The fourth-order valence-electron chi connectivity index (χ4n) is 3.52. The van der Waals surface area contributed by atoms with Gasteiger partial charge in [0.05, 0.1) is 5.56 Å². The van der Waals surface area contributed by atoms with Crippen LogP contribution in [0.5, 0.6) is 5.88 Å². The van der Waals surface area contributed by atoms with Crippen LogP contribution < -0.4 is 4.74 Å². The molecule has 0 N–H and O–H groups in total. The van der Waals surface area contributed by atoms with Crippen LogP contribution in [0.4, 0.5) is 4.39 Å². The molecule has 1 aliphatic rings. The van der Waals surface area contributed by atoms with Gasteiger partial charge in [0.2, 0.25) is 5.88 Å². The second-order valence-corrected chi connectivity index (χ2v) is 7.24. The summed E-state index contributed by atoms with van der Waals surface area (Å²) in [6, 6.07) is 9.81. The second kappa shape index (κ2) is 8.27. The minimum Gasteiger partial charge on any atom is -0.473 e. The van der Waals surface area contributed by atoms with Gasteiger partial charge < -0.3 is 18.6 Å². The molecule has 8 nitrogen and oxygen atoms in total. The van der Waals surface area contributed by atoms with Gasteiger partial charge in [0, 0.05) is 36.5 Å². The molecular formula is C22H20FN5O3. The number of pyridine rings is 1. The molecule has 0 saturated carbocycles. The molecule has 0 saturated heterocycles. The van der Waals surface area contributed by atoms with Gasteiger partial charge in [-0.05, 0) is 43.7 Å². The SMILES string of the molecule is Cc1onc(-c2ccc(F)cc2)c1COc1ccc(-c2nnc3n2CCCOC3)cn1. The number of nitrogens with zero attached hydrogens (tertiary/aromatic N) is 5. The van der Waals surface area contributed by atoms with E-state index in [2.05, 4.69) is 24.9 Å². The number of benzene rings is 1. The number of aryl methyl sites for hydroxylation is 1. The first-order chi connectivity index (χ1) is 15.2. The lowest BCUT2D eigenvalue weighted by molar-refractivity contribution is 0.122. The van der Waals surface area contributed by atoms with E-state index in [9.17, 15) is 4.39 Å². The topological polar surface area (TPSA) is 88.1 Å². The Kier molecular flexibility index (Phi) is 5.17. The normalized spacial score (nSPS) is 13.6. The zero-order valence-corrected chi connectivity index (χ0v) is 16.9. The van der Waals surface area contributed by atoms with Crippen molar-refractivity contribution < 1.29 is 18.4 Å². The molecule has 4 heterocycles. The lowest BCUT2D eigenvalue weighted by Gasteiger charge is -2.08. The van der Waals surface area contributed by atoms with Crippen LogP contribution in [0.15, 0.2) is 47.1 Å². The fraction of sp³-hybridized carbons (Fsp3) is 0.273. The van der Waals surface area contributed by atoms with E-state index in [0.717, 1.165) is 47.9 Å². The zero-order chi connectivity index (χ0) is 21.2. The molecule has 0 atom stereocenters. The third kappa shape index (κ3) is 3.91. The van der Waals surface area contributed by atoms with Gasteiger partial charge in [-0.25, -0.2) is 9.37 Å². The van der Waals surface area contributed by atoms with Crippen molar-refractivity contribution in [1.82, 2.24) is 24.9 Å². The Labute approximate surface area is 177 Å². The monoisotopic (exact) mass is 421 g/mol. The summed E-state index contributed by atoms with van der Waals surface area (Å²) in [6.45, 7) is 4.04. The largest absolute Gasteiger partial charge is 0.473 e. The molecule has 0 fully saturated rings. The van der Waals surface area contributed by atoms with Crippen molar-refractivity contribution in [2.24, 2.45) is 0 Å². The molecule has 158 valence electrons. The van der Waals surface area contributed by atoms with Crippen LogP contribution in [0.25, 0.3) is 22.6 Å². The molecule has 0 bridgehead atoms. The number of hydrogen-bond acceptors (Lipinski definition) is 7. The first-order valence-corrected chi connectivity index (χ1v) is 9.99. The van der Waals surface area contributed by atoms with Gasteiger partial charge in [-0.2, -0.15) is 0 Å². The van der Waals surface area contributed by atoms with Crippen LogP contribution in [0, 0.1) is 12.7 Å². The van der Waals surface area contributed by atoms with E-state index < -0.39 is 0 Å². The zero-order valence-electron chi connectivity index (χ0n) is 16.9. The number of hydrogen-bond donors (Lipinski definition) is 0. The smallest absolute Gasteiger partial charge is 0.213 e. The van der Waals surface area contributed by atoms with Gasteiger partial charge in [0.15, 0.2) is 11.6 Å². The maximum Gasteiger partial charge on any atom is 0.213 e. The molecule has 3 aromatic heterocycles.